The maximum absolute atomic E-state index is 12.6. The van der Waals surface area contributed by atoms with E-state index in [1.165, 1.54) is 12.1 Å². The van der Waals surface area contributed by atoms with Gasteiger partial charge in [-0.2, -0.15) is 0 Å². The molecule has 0 aromatic heterocycles. The Morgan fingerprint density at radius 3 is 2.32 bits per heavy atom. The first-order chi connectivity index (χ1) is 8.84. The number of aryl methyl sites for hydroxylation is 1. The zero-order chi connectivity index (χ0) is 14.2. The highest BCUT2D eigenvalue weighted by Gasteiger charge is 2.32. The molecule has 0 saturated heterocycles. The molecule has 1 aliphatic carbocycles. The first kappa shape index (κ1) is 14.1. The number of benzene rings is 1. The molecule has 1 saturated carbocycles. The van der Waals surface area contributed by atoms with Gasteiger partial charge in [0.1, 0.15) is 0 Å². The van der Waals surface area contributed by atoms with Gasteiger partial charge in [0.05, 0.1) is 15.7 Å². The molecule has 0 unspecified atom stereocenters. The van der Waals surface area contributed by atoms with Crippen molar-refractivity contribution in [2.45, 2.75) is 49.7 Å². The van der Waals surface area contributed by atoms with Crippen molar-refractivity contribution in [2.24, 2.45) is 0 Å². The molecular formula is C14H18O4S. The maximum Gasteiger partial charge on any atom is 0.335 e. The number of hydrogen-bond acceptors (Lipinski definition) is 3. The van der Waals surface area contributed by atoms with Crippen LogP contribution < -0.4 is 0 Å². The van der Waals surface area contributed by atoms with E-state index in [0.29, 0.717) is 24.0 Å². The quantitative estimate of drug-likeness (QED) is 0.925. The number of aromatic carboxylic acids is 1. The molecule has 4 nitrogen and oxygen atoms in total. The molecule has 0 spiro atoms. The van der Waals surface area contributed by atoms with Crippen molar-refractivity contribution in [1.82, 2.24) is 0 Å². The summed E-state index contributed by atoms with van der Waals surface area (Å²) in [7, 11) is -3.41. The Morgan fingerprint density at radius 2 is 1.79 bits per heavy atom. The first-order valence-corrected chi connectivity index (χ1v) is 7.97. The van der Waals surface area contributed by atoms with Crippen LogP contribution in [0.2, 0.25) is 0 Å². The third-order valence-corrected chi connectivity index (χ3v) is 6.30. The van der Waals surface area contributed by atoms with Gasteiger partial charge in [0.25, 0.3) is 0 Å². The summed E-state index contributed by atoms with van der Waals surface area (Å²) in [5, 5.41) is 8.71. The second-order valence-electron chi connectivity index (χ2n) is 5.17. The fraction of sp³-hybridized carbons (Fsp3) is 0.500. The standard InChI is InChI=1S/C14H18O4S/c1-9-7-11(14(15)16)8-13(10(9)2)19(17,18)12-5-3-4-6-12/h7-8,12H,3-6H2,1-2H3,(H,15,16). The molecule has 2 rings (SSSR count). The molecule has 5 heteroatoms. The molecule has 1 N–H and O–H groups in total. The van der Waals surface area contributed by atoms with Crippen LogP contribution in [-0.4, -0.2) is 24.7 Å². The van der Waals surface area contributed by atoms with Crippen LogP contribution in [0.5, 0.6) is 0 Å². The summed E-state index contributed by atoms with van der Waals surface area (Å²) in [6, 6.07) is 2.82. The fourth-order valence-corrected chi connectivity index (χ4v) is 4.82. The largest absolute Gasteiger partial charge is 0.478 e. The molecule has 0 aliphatic heterocycles. The van der Waals surface area contributed by atoms with Gasteiger partial charge >= 0.3 is 5.97 Å². The van der Waals surface area contributed by atoms with Gasteiger partial charge in [0.15, 0.2) is 9.84 Å². The Labute approximate surface area is 113 Å². The van der Waals surface area contributed by atoms with Gasteiger partial charge in [-0.25, -0.2) is 13.2 Å². The van der Waals surface area contributed by atoms with Crippen LogP contribution in [-0.2, 0) is 9.84 Å². The lowest BCUT2D eigenvalue weighted by atomic mass is 10.1. The van der Waals surface area contributed by atoms with Crippen LogP contribution in [0.1, 0.15) is 47.2 Å². The number of hydrogen-bond donors (Lipinski definition) is 1. The monoisotopic (exact) mass is 282 g/mol. The van der Waals surface area contributed by atoms with Crippen molar-refractivity contribution in [3.05, 3.63) is 28.8 Å². The molecule has 0 atom stereocenters. The van der Waals surface area contributed by atoms with Crippen LogP contribution in [0.15, 0.2) is 17.0 Å². The van der Waals surface area contributed by atoms with Crippen LogP contribution in [0, 0.1) is 13.8 Å². The van der Waals surface area contributed by atoms with Gasteiger partial charge in [-0.1, -0.05) is 12.8 Å². The summed E-state index contributed by atoms with van der Waals surface area (Å²) in [5.41, 5.74) is 1.41. The molecule has 0 heterocycles. The normalized spacial score (nSPS) is 16.7. The third-order valence-electron chi connectivity index (χ3n) is 3.91. The van der Waals surface area contributed by atoms with Crippen LogP contribution >= 0.6 is 0 Å². The van der Waals surface area contributed by atoms with Gasteiger partial charge in [0.2, 0.25) is 0 Å². The second kappa shape index (κ2) is 4.96. The van der Waals surface area contributed by atoms with Gasteiger partial charge in [-0.15, -0.1) is 0 Å². The molecule has 1 fully saturated rings. The van der Waals surface area contributed by atoms with Crippen LogP contribution in [0.25, 0.3) is 0 Å². The van der Waals surface area contributed by atoms with Crippen molar-refractivity contribution in [3.8, 4) is 0 Å². The summed E-state index contributed by atoms with van der Waals surface area (Å²) in [5.74, 6) is -1.09. The molecule has 19 heavy (non-hydrogen) atoms. The zero-order valence-electron chi connectivity index (χ0n) is 11.1. The average molecular weight is 282 g/mol. The minimum atomic E-state index is -3.41. The van der Waals surface area contributed by atoms with E-state index in [2.05, 4.69) is 0 Å². The van der Waals surface area contributed by atoms with E-state index in [-0.39, 0.29) is 15.7 Å². The topological polar surface area (TPSA) is 71.4 Å². The molecule has 104 valence electrons. The van der Waals surface area contributed by atoms with Gasteiger partial charge in [-0.3, -0.25) is 0 Å². The minimum absolute atomic E-state index is 0.0414. The number of rotatable bonds is 3. The highest BCUT2D eigenvalue weighted by Crippen LogP contribution is 2.32. The van der Waals surface area contributed by atoms with Crippen molar-refractivity contribution >= 4 is 15.8 Å². The summed E-state index contributed by atoms with van der Waals surface area (Å²) in [6.45, 7) is 3.48. The number of carbonyl (C=O) groups is 1. The Balaban J connectivity index is 2.57. The summed E-state index contributed by atoms with van der Waals surface area (Å²) >= 11 is 0. The smallest absolute Gasteiger partial charge is 0.335 e. The molecule has 0 radical (unpaired) electrons. The lowest BCUT2D eigenvalue weighted by Crippen LogP contribution is -2.19. The van der Waals surface area contributed by atoms with E-state index < -0.39 is 15.8 Å². The number of sulfone groups is 1. The van der Waals surface area contributed by atoms with Crippen molar-refractivity contribution < 1.29 is 18.3 Å². The zero-order valence-corrected chi connectivity index (χ0v) is 12.0. The lowest BCUT2D eigenvalue weighted by molar-refractivity contribution is 0.0696. The molecule has 0 bridgehead atoms. The molecular weight excluding hydrogens is 264 g/mol. The lowest BCUT2D eigenvalue weighted by Gasteiger charge is -2.15. The summed E-state index contributed by atoms with van der Waals surface area (Å²) in [4.78, 5) is 11.3. The Bertz CT molecular complexity index is 611. The summed E-state index contributed by atoms with van der Waals surface area (Å²) < 4.78 is 25.2. The van der Waals surface area contributed by atoms with Gasteiger partial charge in [0, 0.05) is 0 Å². The van der Waals surface area contributed by atoms with E-state index >= 15 is 0 Å². The summed E-state index contributed by atoms with van der Waals surface area (Å²) in [6.07, 6.45) is 3.22. The van der Waals surface area contributed by atoms with Crippen molar-refractivity contribution in [1.29, 1.82) is 0 Å². The van der Waals surface area contributed by atoms with E-state index in [0.717, 1.165) is 12.8 Å². The van der Waals surface area contributed by atoms with Crippen molar-refractivity contribution in [2.75, 3.05) is 0 Å². The molecule has 1 aromatic carbocycles. The Morgan fingerprint density at radius 1 is 1.21 bits per heavy atom. The van der Waals surface area contributed by atoms with Gasteiger partial charge in [-0.05, 0) is 49.9 Å². The number of carboxylic acid groups (broad SMARTS) is 1. The number of carboxylic acids is 1. The van der Waals surface area contributed by atoms with Crippen LogP contribution in [0.4, 0.5) is 0 Å². The van der Waals surface area contributed by atoms with Gasteiger partial charge < -0.3 is 5.11 Å². The minimum Gasteiger partial charge on any atom is -0.478 e. The predicted octanol–water partition coefficient (Wildman–Crippen LogP) is 2.72. The predicted molar refractivity (Wildman–Crippen MR) is 72.3 cm³/mol. The van der Waals surface area contributed by atoms with Crippen LogP contribution in [0.3, 0.4) is 0 Å². The second-order valence-corrected chi connectivity index (χ2v) is 7.37. The third kappa shape index (κ3) is 2.52. The Hall–Kier alpha value is -1.36. The van der Waals surface area contributed by atoms with E-state index in [4.69, 9.17) is 5.11 Å². The highest BCUT2D eigenvalue weighted by atomic mass is 32.2. The SMILES string of the molecule is Cc1cc(C(=O)O)cc(S(=O)(=O)C2CCCC2)c1C. The molecule has 0 amide bonds. The Kier molecular flexibility index (Phi) is 3.67. The fourth-order valence-electron chi connectivity index (χ4n) is 2.62. The van der Waals surface area contributed by atoms with E-state index in [9.17, 15) is 13.2 Å². The van der Waals surface area contributed by atoms with E-state index in [1.807, 2.05) is 0 Å². The first-order valence-electron chi connectivity index (χ1n) is 6.42. The highest BCUT2D eigenvalue weighted by molar-refractivity contribution is 7.92. The molecule has 1 aliphatic rings. The average Bonchev–Trinajstić information content (AvgIpc) is 2.86. The molecule has 1 aromatic rings. The maximum atomic E-state index is 12.6. The van der Waals surface area contributed by atoms with Crippen molar-refractivity contribution in [3.63, 3.8) is 0 Å². The van der Waals surface area contributed by atoms with E-state index in [1.54, 1.807) is 13.8 Å².